The fourth-order valence-corrected chi connectivity index (χ4v) is 2.41. The summed E-state index contributed by atoms with van der Waals surface area (Å²) in [6.07, 6.45) is 2.19. The Morgan fingerprint density at radius 3 is 2.25 bits per heavy atom. The molecule has 0 radical (unpaired) electrons. The first-order valence-electron chi connectivity index (χ1n) is 7.77. The Labute approximate surface area is 125 Å². The maximum atomic E-state index is 4.27. The highest BCUT2D eigenvalue weighted by atomic mass is 15.1. The van der Waals surface area contributed by atoms with Crippen LogP contribution in [0.4, 0.5) is 0 Å². The molecule has 1 nitrogen and oxygen atoms in total. The van der Waals surface area contributed by atoms with Crippen LogP contribution < -0.4 is 0 Å². The van der Waals surface area contributed by atoms with Crippen LogP contribution in [0.3, 0.4) is 0 Å². The van der Waals surface area contributed by atoms with Gasteiger partial charge in [-0.15, -0.1) is 0 Å². The first kappa shape index (κ1) is 17.0. The highest BCUT2D eigenvalue weighted by Crippen LogP contribution is 2.22. The molecule has 112 valence electrons. The molecule has 0 N–H and O–H groups in total. The van der Waals surface area contributed by atoms with Crippen LogP contribution >= 0.6 is 0 Å². The van der Waals surface area contributed by atoms with Gasteiger partial charge >= 0.3 is 0 Å². The van der Waals surface area contributed by atoms with Crippen LogP contribution in [-0.2, 0) is 6.42 Å². The average molecular weight is 273 g/mol. The Kier molecular flexibility index (Phi) is 6.48. The van der Waals surface area contributed by atoms with Crippen molar-refractivity contribution in [3.8, 4) is 0 Å². The minimum atomic E-state index is 0.533. The first-order valence-corrected chi connectivity index (χ1v) is 7.77. The maximum absolute atomic E-state index is 4.27. The molecule has 0 fully saturated rings. The monoisotopic (exact) mass is 273 g/mol. The number of likely N-dealkylation sites (N-methyl/N-ethyl adjacent to an activating group) is 1. The van der Waals surface area contributed by atoms with Crippen LogP contribution in [0.1, 0.15) is 45.2 Å². The second-order valence-corrected chi connectivity index (χ2v) is 6.56. The Morgan fingerprint density at radius 1 is 1.15 bits per heavy atom. The number of rotatable bonds is 7. The normalized spacial score (nSPS) is 13.2. The van der Waals surface area contributed by atoms with Crippen molar-refractivity contribution in [3.63, 3.8) is 0 Å². The fourth-order valence-electron chi connectivity index (χ4n) is 2.41. The van der Waals surface area contributed by atoms with Crippen LogP contribution in [0.2, 0.25) is 0 Å². The predicted octanol–water partition coefficient (Wildman–Crippen LogP) is 4.85. The molecule has 0 bridgehead atoms. The number of hydrogen-bond acceptors (Lipinski definition) is 1. The molecule has 1 unspecified atom stereocenters. The van der Waals surface area contributed by atoms with E-state index in [1.54, 1.807) is 0 Å². The molecule has 1 aromatic carbocycles. The van der Waals surface area contributed by atoms with E-state index >= 15 is 0 Å². The van der Waals surface area contributed by atoms with E-state index in [1.165, 1.54) is 16.7 Å². The molecule has 0 aliphatic heterocycles. The largest absolute Gasteiger partial charge is 0.300 e. The van der Waals surface area contributed by atoms with E-state index in [1.807, 2.05) is 0 Å². The van der Waals surface area contributed by atoms with Gasteiger partial charge in [-0.25, -0.2) is 0 Å². The van der Waals surface area contributed by atoms with Crippen molar-refractivity contribution >= 4 is 0 Å². The summed E-state index contributed by atoms with van der Waals surface area (Å²) in [7, 11) is 2.24. The van der Waals surface area contributed by atoms with Gasteiger partial charge in [0.25, 0.3) is 0 Å². The molecule has 1 aromatic rings. The summed E-state index contributed by atoms with van der Waals surface area (Å²) in [6, 6.07) is 9.82. The van der Waals surface area contributed by atoms with Gasteiger partial charge in [-0.05, 0) is 57.7 Å². The minimum Gasteiger partial charge on any atom is -0.300 e. The van der Waals surface area contributed by atoms with E-state index in [-0.39, 0.29) is 0 Å². The lowest BCUT2D eigenvalue weighted by atomic mass is 9.91. The van der Waals surface area contributed by atoms with Gasteiger partial charge < -0.3 is 4.90 Å². The molecule has 0 heterocycles. The van der Waals surface area contributed by atoms with Crippen LogP contribution in [0, 0.1) is 12.8 Å². The lowest BCUT2D eigenvalue weighted by Crippen LogP contribution is -2.39. The molecular formula is C19H31N. The van der Waals surface area contributed by atoms with Gasteiger partial charge in [-0.3, -0.25) is 0 Å². The summed E-state index contributed by atoms with van der Waals surface area (Å²) in [5, 5.41) is 0. The zero-order chi connectivity index (χ0) is 15.3. The SMILES string of the molecule is C=C(CC(Cc1ccccc1C)N(C)C(C)C)C(C)C. The van der Waals surface area contributed by atoms with Crippen LogP contribution in [0.5, 0.6) is 0 Å². The molecule has 0 aromatic heterocycles. The third kappa shape index (κ3) is 4.79. The minimum absolute atomic E-state index is 0.533. The van der Waals surface area contributed by atoms with E-state index in [0.717, 1.165) is 12.8 Å². The standard InChI is InChI=1S/C19H31N/c1-14(2)17(6)12-19(20(7)15(3)4)13-18-11-9-8-10-16(18)5/h8-11,14-15,19H,6,12-13H2,1-5,7H3. The lowest BCUT2D eigenvalue weighted by molar-refractivity contribution is 0.190. The Bertz CT molecular complexity index is 431. The van der Waals surface area contributed by atoms with Crippen LogP contribution in [-0.4, -0.2) is 24.0 Å². The van der Waals surface area contributed by atoms with Crippen molar-refractivity contribution in [2.45, 2.75) is 59.5 Å². The van der Waals surface area contributed by atoms with E-state index < -0.39 is 0 Å². The third-order valence-corrected chi connectivity index (χ3v) is 4.42. The van der Waals surface area contributed by atoms with Gasteiger partial charge in [0.05, 0.1) is 0 Å². The quantitative estimate of drug-likeness (QED) is 0.642. The van der Waals surface area contributed by atoms with Crippen molar-refractivity contribution in [1.29, 1.82) is 0 Å². The van der Waals surface area contributed by atoms with Crippen molar-refractivity contribution in [2.75, 3.05) is 7.05 Å². The topological polar surface area (TPSA) is 3.24 Å². The molecule has 0 saturated heterocycles. The average Bonchev–Trinajstić information content (AvgIpc) is 2.39. The Balaban J connectivity index is 2.88. The second kappa shape index (κ2) is 7.64. The van der Waals surface area contributed by atoms with Crippen LogP contribution in [0.15, 0.2) is 36.4 Å². The smallest absolute Gasteiger partial charge is 0.0173 e. The fraction of sp³-hybridized carbons (Fsp3) is 0.579. The van der Waals surface area contributed by atoms with Gasteiger partial charge in [0.15, 0.2) is 0 Å². The molecule has 1 heteroatoms. The van der Waals surface area contributed by atoms with Gasteiger partial charge in [-0.2, -0.15) is 0 Å². The maximum Gasteiger partial charge on any atom is 0.0173 e. The summed E-state index contributed by atoms with van der Waals surface area (Å²) >= 11 is 0. The van der Waals surface area contributed by atoms with Crippen LogP contribution in [0.25, 0.3) is 0 Å². The third-order valence-electron chi connectivity index (χ3n) is 4.42. The van der Waals surface area contributed by atoms with Crippen molar-refractivity contribution in [1.82, 2.24) is 4.90 Å². The van der Waals surface area contributed by atoms with E-state index in [4.69, 9.17) is 0 Å². The zero-order valence-corrected chi connectivity index (χ0v) is 14.1. The first-order chi connectivity index (χ1) is 9.32. The molecule has 20 heavy (non-hydrogen) atoms. The summed E-state index contributed by atoms with van der Waals surface area (Å²) in [5.41, 5.74) is 4.21. The summed E-state index contributed by atoms with van der Waals surface area (Å²) in [5.74, 6) is 0.565. The Hall–Kier alpha value is -1.08. The molecule has 0 aliphatic rings. The molecule has 1 atom stereocenters. The zero-order valence-electron chi connectivity index (χ0n) is 14.1. The molecule has 0 amide bonds. The predicted molar refractivity (Wildman–Crippen MR) is 90.2 cm³/mol. The number of aryl methyl sites for hydroxylation is 1. The van der Waals surface area contributed by atoms with Crippen molar-refractivity contribution in [3.05, 3.63) is 47.5 Å². The van der Waals surface area contributed by atoms with Gasteiger partial charge in [0, 0.05) is 12.1 Å². The highest BCUT2D eigenvalue weighted by Gasteiger charge is 2.20. The molecule has 0 aliphatic carbocycles. The molecule has 1 rings (SSSR count). The summed E-state index contributed by atoms with van der Waals surface area (Å²) in [4.78, 5) is 2.49. The number of hydrogen-bond donors (Lipinski definition) is 0. The lowest BCUT2D eigenvalue weighted by Gasteiger charge is -2.33. The molecule has 0 saturated carbocycles. The van der Waals surface area contributed by atoms with E-state index in [9.17, 15) is 0 Å². The summed E-state index contributed by atoms with van der Waals surface area (Å²) < 4.78 is 0. The van der Waals surface area contributed by atoms with Gasteiger partial charge in [-0.1, -0.05) is 50.3 Å². The molecule has 0 spiro atoms. The van der Waals surface area contributed by atoms with E-state index in [2.05, 4.69) is 77.4 Å². The van der Waals surface area contributed by atoms with Gasteiger partial charge in [0.2, 0.25) is 0 Å². The Morgan fingerprint density at radius 2 is 1.75 bits per heavy atom. The second-order valence-electron chi connectivity index (χ2n) is 6.56. The van der Waals surface area contributed by atoms with Gasteiger partial charge in [0.1, 0.15) is 0 Å². The van der Waals surface area contributed by atoms with Crippen molar-refractivity contribution in [2.24, 2.45) is 5.92 Å². The molecular weight excluding hydrogens is 242 g/mol. The number of nitrogens with zero attached hydrogens (tertiary/aromatic N) is 1. The number of benzene rings is 1. The van der Waals surface area contributed by atoms with Crippen molar-refractivity contribution < 1.29 is 0 Å². The van der Waals surface area contributed by atoms with E-state index in [0.29, 0.717) is 18.0 Å². The summed E-state index contributed by atoms with van der Waals surface area (Å²) in [6.45, 7) is 15.5. The highest BCUT2D eigenvalue weighted by molar-refractivity contribution is 5.26.